The molecule has 6 heteroatoms. The van der Waals surface area contributed by atoms with Crippen LogP contribution in [0.1, 0.15) is 32.6 Å². The monoisotopic (exact) mass is 367 g/mol. The fourth-order valence-corrected chi connectivity index (χ4v) is 2.74. The number of amides is 1. The van der Waals surface area contributed by atoms with Crippen LogP contribution in [-0.4, -0.2) is 25.5 Å². The molecule has 0 bridgehead atoms. The molecular formula is C22H17N5O. The smallest absolute Gasteiger partial charge is 0.256 e. The summed E-state index contributed by atoms with van der Waals surface area (Å²) in [5.74, 6) is 6.55. The molecule has 3 aromatic heterocycles. The summed E-state index contributed by atoms with van der Waals surface area (Å²) in [7, 11) is 0. The van der Waals surface area contributed by atoms with Gasteiger partial charge in [-0.15, -0.1) is 0 Å². The first-order chi connectivity index (χ1) is 13.6. The number of nitrogens with zero attached hydrogens (tertiary/aromatic N) is 4. The van der Waals surface area contributed by atoms with Crippen LogP contribution in [0, 0.1) is 25.7 Å². The lowest BCUT2D eigenvalue weighted by Gasteiger charge is -2.06. The summed E-state index contributed by atoms with van der Waals surface area (Å²) in [6.07, 6.45) is 6.88. The molecule has 0 aliphatic rings. The summed E-state index contributed by atoms with van der Waals surface area (Å²) in [5.41, 5.74) is 4.76. The van der Waals surface area contributed by atoms with Gasteiger partial charge in [-0.2, -0.15) is 5.10 Å². The van der Waals surface area contributed by atoms with Gasteiger partial charge in [0.1, 0.15) is 5.82 Å². The number of rotatable bonds is 2. The van der Waals surface area contributed by atoms with Gasteiger partial charge in [0.05, 0.1) is 11.8 Å². The van der Waals surface area contributed by atoms with Crippen molar-refractivity contribution in [1.82, 2.24) is 19.6 Å². The zero-order valence-corrected chi connectivity index (χ0v) is 15.5. The van der Waals surface area contributed by atoms with Gasteiger partial charge in [0, 0.05) is 29.7 Å². The van der Waals surface area contributed by atoms with Crippen molar-refractivity contribution in [2.45, 2.75) is 13.8 Å². The number of carbonyl (C=O) groups is 1. The van der Waals surface area contributed by atoms with E-state index in [1.54, 1.807) is 35.2 Å². The minimum atomic E-state index is -0.223. The SMILES string of the molecule is Cc1ccnc(NC(=O)c2ccc(C)c(C#Cc3cnn4cccnc34)c2)c1. The second-order valence-corrected chi connectivity index (χ2v) is 6.40. The maximum Gasteiger partial charge on any atom is 0.256 e. The number of carbonyl (C=O) groups excluding carboxylic acids is 1. The Morgan fingerprint density at radius 3 is 2.75 bits per heavy atom. The normalized spacial score (nSPS) is 10.4. The summed E-state index contributed by atoms with van der Waals surface area (Å²) < 4.78 is 1.68. The molecule has 0 aliphatic heterocycles. The summed E-state index contributed by atoms with van der Waals surface area (Å²) in [6.45, 7) is 3.91. The Bertz CT molecular complexity index is 1250. The molecule has 0 unspecified atom stereocenters. The van der Waals surface area contributed by atoms with E-state index in [4.69, 9.17) is 0 Å². The third kappa shape index (κ3) is 3.60. The third-order valence-corrected chi connectivity index (χ3v) is 4.27. The molecule has 0 fully saturated rings. The maximum atomic E-state index is 12.6. The van der Waals surface area contributed by atoms with Crippen molar-refractivity contribution in [3.8, 4) is 11.8 Å². The number of aryl methyl sites for hydroxylation is 2. The maximum absolute atomic E-state index is 12.6. The molecule has 1 amide bonds. The minimum absolute atomic E-state index is 0.223. The van der Waals surface area contributed by atoms with Crippen molar-refractivity contribution in [1.29, 1.82) is 0 Å². The van der Waals surface area contributed by atoms with Crippen LogP contribution < -0.4 is 5.32 Å². The minimum Gasteiger partial charge on any atom is -0.307 e. The summed E-state index contributed by atoms with van der Waals surface area (Å²) >= 11 is 0. The average Bonchev–Trinajstić information content (AvgIpc) is 3.10. The second kappa shape index (κ2) is 7.33. The zero-order valence-electron chi connectivity index (χ0n) is 15.5. The van der Waals surface area contributed by atoms with E-state index in [1.807, 2.05) is 44.3 Å². The fourth-order valence-electron chi connectivity index (χ4n) is 2.74. The molecule has 1 N–H and O–H groups in total. The van der Waals surface area contributed by atoms with Gasteiger partial charge in [-0.3, -0.25) is 4.79 Å². The van der Waals surface area contributed by atoms with E-state index in [2.05, 4.69) is 32.2 Å². The van der Waals surface area contributed by atoms with E-state index >= 15 is 0 Å². The molecule has 4 rings (SSSR count). The van der Waals surface area contributed by atoms with Crippen LogP contribution in [0.3, 0.4) is 0 Å². The molecule has 0 saturated heterocycles. The number of aromatic nitrogens is 4. The van der Waals surface area contributed by atoms with Crippen molar-refractivity contribution >= 4 is 17.4 Å². The lowest BCUT2D eigenvalue weighted by molar-refractivity contribution is 0.102. The second-order valence-electron chi connectivity index (χ2n) is 6.40. The first kappa shape index (κ1) is 17.4. The van der Waals surface area contributed by atoms with Gasteiger partial charge < -0.3 is 5.32 Å². The first-order valence-electron chi connectivity index (χ1n) is 8.75. The molecular weight excluding hydrogens is 350 g/mol. The van der Waals surface area contributed by atoms with E-state index in [-0.39, 0.29) is 5.91 Å². The van der Waals surface area contributed by atoms with Gasteiger partial charge in [-0.25, -0.2) is 14.5 Å². The van der Waals surface area contributed by atoms with Crippen LogP contribution in [0.5, 0.6) is 0 Å². The zero-order chi connectivity index (χ0) is 19.5. The topological polar surface area (TPSA) is 72.2 Å². The van der Waals surface area contributed by atoms with Gasteiger partial charge in [-0.05, 0) is 55.3 Å². The Hall–Kier alpha value is -3.98. The van der Waals surface area contributed by atoms with E-state index in [1.165, 1.54) is 0 Å². The molecule has 0 saturated carbocycles. The number of anilines is 1. The molecule has 0 aliphatic carbocycles. The lowest BCUT2D eigenvalue weighted by Crippen LogP contribution is -2.13. The highest BCUT2D eigenvalue weighted by Gasteiger charge is 2.09. The van der Waals surface area contributed by atoms with E-state index < -0.39 is 0 Å². The quantitative estimate of drug-likeness (QED) is 0.551. The first-order valence-corrected chi connectivity index (χ1v) is 8.75. The van der Waals surface area contributed by atoms with E-state index in [0.717, 1.165) is 22.3 Å². The molecule has 3 heterocycles. The van der Waals surface area contributed by atoms with Gasteiger partial charge in [0.2, 0.25) is 0 Å². The Balaban J connectivity index is 1.62. The predicted molar refractivity (Wildman–Crippen MR) is 107 cm³/mol. The van der Waals surface area contributed by atoms with Gasteiger partial charge in [0.15, 0.2) is 5.65 Å². The summed E-state index contributed by atoms with van der Waals surface area (Å²) in [6, 6.07) is 11.0. The molecule has 0 atom stereocenters. The molecule has 0 radical (unpaired) electrons. The van der Waals surface area contributed by atoms with Crippen LogP contribution in [0.15, 0.2) is 61.2 Å². The molecule has 1 aromatic carbocycles. The van der Waals surface area contributed by atoms with Crippen molar-refractivity contribution < 1.29 is 4.79 Å². The molecule has 0 spiro atoms. The number of pyridine rings is 1. The van der Waals surface area contributed by atoms with Crippen LogP contribution in [0.25, 0.3) is 5.65 Å². The molecule has 136 valence electrons. The Morgan fingerprint density at radius 1 is 1.04 bits per heavy atom. The number of hydrogen-bond donors (Lipinski definition) is 1. The lowest BCUT2D eigenvalue weighted by atomic mass is 10.0. The van der Waals surface area contributed by atoms with Crippen LogP contribution >= 0.6 is 0 Å². The van der Waals surface area contributed by atoms with Crippen LogP contribution in [0.2, 0.25) is 0 Å². The van der Waals surface area contributed by atoms with Gasteiger partial charge in [-0.1, -0.05) is 17.9 Å². The molecule has 6 nitrogen and oxygen atoms in total. The van der Waals surface area contributed by atoms with Gasteiger partial charge >= 0.3 is 0 Å². The standard InChI is InChI=1S/C22H17N5O/c1-15-8-10-23-20(12-15)26-22(28)18-5-4-16(2)17(13-18)6-7-19-14-25-27-11-3-9-24-21(19)27/h3-5,8-14H,1-2H3,(H,23,26,28). The molecule has 4 aromatic rings. The van der Waals surface area contributed by atoms with E-state index in [0.29, 0.717) is 17.0 Å². The summed E-state index contributed by atoms with van der Waals surface area (Å²) in [5, 5.41) is 7.05. The highest BCUT2D eigenvalue weighted by molar-refractivity contribution is 6.04. The van der Waals surface area contributed by atoms with Crippen LogP contribution in [-0.2, 0) is 0 Å². The Kier molecular flexibility index (Phi) is 4.56. The predicted octanol–water partition coefficient (Wildman–Crippen LogP) is 3.39. The third-order valence-electron chi connectivity index (χ3n) is 4.27. The fraction of sp³-hybridized carbons (Fsp3) is 0.0909. The van der Waals surface area contributed by atoms with Crippen molar-refractivity contribution in [3.63, 3.8) is 0 Å². The highest BCUT2D eigenvalue weighted by Crippen LogP contribution is 2.14. The largest absolute Gasteiger partial charge is 0.307 e. The number of benzene rings is 1. The van der Waals surface area contributed by atoms with Gasteiger partial charge in [0.25, 0.3) is 5.91 Å². The van der Waals surface area contributed by atoms with E-state index in [9.17, 15) is 4.79 Å². The highest BCUT2D eigenvalue weighted by atomic mass is 16.1. The van der Waals surface area contributed by atoms with Crippen molar-refractivity contribution in [3.05, 3.63) is 89.0 Å². The summed E-state index contributed by atoms with van der Waals surface area (Å²) in [4.78, 5) is 21.0. The number of hydrogen-bond acceptors (Lipinski definition) is 4. The van der Waals surface area contributed by atoms with Crippen molar-refractivity contribution in [2.75, 3.05) is 5.32 Å². The average molecular weight is 367 g/mol. The Morgan fingerprint density at radius 2 is 1.89 bits per heavy atom. The van der Waals surface area contributed by atoms with Crippen molar-refractivity contribution in [2.24, 2.45) is 0 Å². The Labute approximate surface area is 162 Å². The number of nitrogens with one attached hydrogen (secondary N) is 1. The molecule has 28 heavy (non-hydrogen) atoms. The van der Waals surface area contributed by atoms with Crippen LogP contribution in [0.4, 0.5) is 5.82 Å². The number of fused-ring (bicyclic) bond motifs is 1.